The van der Waals surface area contributed by atoms with Crippen LogP contribution in [0.15, 0.2) is 83.8 Å². The number of nitrogens with zero attached hydrogens (tertiary/aromatic N) is 8. The average Bonchev–Trinajstić information content (AvgIpc) is 1.59. The molecular formula is C73H95N11O5Si3. The second kappa shape index (κ2) is 22.6. The van der Waals surface area contributed by atoms with Crippen molar-refractivity contribution in [3.05, 3.63) is 117 Å². The van der Waals surface area contributed by atoms with Crippen molar-refractivity contribution in [3.63, 3.8) is 0 Å². The summed E-state index contributed by atoms with van der Waals surface area (Å²) in [6.45, 7) is 53.5. The molecule has 4 aromatic heterocycles. The highest BCUT2D eigenvalue weighted by molar-refractivity contribution is 6.75. The van der Waals surface area contributed by atoms with Crippen LogP contribution in [-0.2, 0) is 34.3 Å². The van der Waals surface area contributed by atoms with Crippen LogP contribution in [0.5, 0.6) is 0 Å². The van der Waals surface area contributed by atoms with Crippen LogP contribution in [0.1, 0.15) is 159 Å². The number of H-pyrrole nitrogens is 2. The largest absolute Gasteiger partial charge is 0.414 e. The Balaban J connectivity index is 1.10. The Kier molecular flexibility index (Phi) is 16.3. The molecule has 4 aromatic carbocycles. The minimum Gasteiger partial charge on any atom is -0.414 e. The number of hydrogen-bond acceptors (Lipinski definition) is 13. The van der Waals surface area contributed by atoms with Gasteiger partial charge in [-0.25, -0.2) is 34.7 Å². The van der Waals surface area contributed by atoms with Gasteiger partial charge in [0.05, 0.1) is 12.2 Å². The number of aromatic nitrogens is 10. The summed E-state index contributed by atoms with van der Waals surface area (Å²) in [7, 11) is -7.35. The summed E-state index contributed by atoms with van der Waals surface area (Å²) in [5, 5.41) is 2.98. The number of nitrogens with one attached hydrogen (secondary N) is 2. The van der Waals surface area contributed by atoms with E-state index >= 15 is 0 Å². The number of benzene rings is 4. The van der Waals surface area contributed by atoms with Crippen LogP contribution in [0.3, 0.4) is 0 Å². The van der Waals surface area contributed by atoms with Gasteiger partial charge in [0.15, 0.2) is 54.5 Å². The van der Waals surface area contributed by atoms with Crippen LogP contribution in [0.4, 0.5) is 5.82 Å². The molecule has 3 aliphatic heterocycles. The molecule has 0 amide bonds. The summed E-state index contributed by atoms with van der Waals surface area (Å²) in [6, 6.07) is 25.3. The van der Waals surface area contributed by atoms with Gasteiger partial charge in [-0.15, -0.1) is 0 Å². The lowest BCUT2D eigenvalue weighted by Crippen LogP contribution is -2.54. The third kappa shape index (κ3) is 12.5. The predicted octanol–water partition coefficient (Wildman–Crippen LogP) is 17.0. The lowest BCUT2D eigenvalue weighted by Gasteiger charge is -2.44. The summed E-state index contributed by atoms with van der Waals surface area (Å²) in [6.07, 6.45) is -1.11. The smallest absolute Gasteiger partial charge is 0.351 e. The summed E-state index contributed by atoms with van der Waals surface area (Å²) >= 11 is 0. The predicted molar refractivity (Wildman–Crippen MR) is 382 cm³/mol. The van der Waals surface area contributed by atoms with Crippen LogP contribution < -0.4 is 11.4 Å². The van der Waals surface area contributed by atoms with Crippen molar-refractivity contribution in [2.24, 2.45) is 0 Å². The van der Waals surface area contributed by atoms with E-state index in [4.69, 9.17) is 53.7 Å². The molecule has 0 spiro atoms. The first-order valence-corrected chi connectivity index (χ1v) is 41.1. The van der Waals surface area contributed by atoms with Crippen molar-refractivity contribution in [1.29, 1.82) is 0 Å². The highest BCUT2D eigenvalue weighted by Gasteiger charge is 2.55. The van der Waals surface area contributed by atoms with Gasteiger partial charge in [0, 0.05) is 55.6 Å². The third-order valence-electron chi connectivity index (χ3n) is 20.2. The maximum absolute atomic E-state index is 14.5. The number of anilines is 1. The molecule has 0 aliphatic carbocycles. The maximum Gasteiger partial charge on any atom is 0.351 e. The Morgan fingerprint density at radius 2 is 0.902 bits per heavy atom. The van der Waals surface area contributed by atoms with E-state index in [-0.39, 0.29) is 43.8 Å². The second-order valence-electron chi connectivity index (χ2n) is 33.2. The van der Waals surface area contributed by atoms with Crippen LogP contribution in [0.2, 0.25) is 54.4 Å². The summed E-state index contributed by atoms with van der Waals surface area (Å²) in [5.41, 5.74) is 15.9. The molecule has 1 fully saturated rings. The minimum absolute atomic E-state index is 0.00720. The zero-order valence-electron chi connectivity index (χ0n) is 58.7. The Bertz CT molecular complexity index is 4570. The topological polar surface area (TPSA) is 207 Å². The number of hydrogen-bond donors (Lipinski definition) is 3. The minimum atomic E-state index is -2.57. The number of ether oxygens (including phenoxy) is 1. The van der Waals surface area contributed by atoms with E-state index in [1.54, 1.807) is 6.20 Å². The van der Waals surface area contributed by atoms with E-state index < -0.39 is 55.2 Å². The molecule has 16 nitrogen and oxygen atoms in total. The van der Waals surface area contributed by atoms with Crippen molar-refractivity contribution in [2.75, 3.05) is 12.3 Å². The first-order chi connectivity index (χ1) is 42.4. The molecule has 8 bridgehead atoms. The summed E-state index contributed by atoms with van der Waals surface area (Å²) < 4.78 is 30.4. The Hall–Kier alpha value is -7.03. The number of aromatic amines is 2. The molecule has 0 saturated carbocycles. The molecule has 19 heteroatoms. The quantitative estimate of drug-likeness (QED) is 0.0957. The zero-order chi connectivity index (χ0) is 67.2. The molecule has 4 N–H and O–H groups in total. The van der Waals surface area contributed by atoms with Gasteiger partial charge >= 0.3 is 5.69 Å². The highest BCUT2D eigenvalue weighted by Crippen LogP contribution is 2.48. The Morgan fingerprint density at radius 1 is 0.489 bits per heavy atom. The van der Waals surface area contributed by atoms with E-state index in [1.165, 1.54) is 10.1 Å². The number of nitrogen functional groups attached to an aromatic ring is 1. The van der Waals surface area contributed by atoms with Crippen LogP contribution in [-0.4, -0.2) is 99.3 Å². The molecular weight excluding hydrogens is 1200 g/mol. The fourth-order valence-corrected chi connectivity index (χ4v) is 14.7. The zero-order valence-corrected chi connectivity index (χ0v) is 61.7. The van der Waals surface area contributed by atoms with E-state index in [9.17, 15) is 4.79 Å². The van der Waals surface area contributed by atoms with Gasteiger partial charge in [-0.2, -0.15) is 4.98 Å². The molecule has 7 heterocycles. The molecule has 4 atom stereocenters. The number of rotatable bonds is 8. The van der Waals surface area contributed by atoms with Crippen molar-refractivity contribution < 1.29 is 18.0 Å². The maximum atomic E-state index is 14.5. The van der Waals surface area contributed by atoms with E-state index in [0.717, 1.165) is 54.9 Å². The second-order valence-corrected chi connectivity index (χ2v) is 47.5. The Labute approximate surface area is 546 Å². The first kappa shape index (κ1) is 66.4. The van der Waals surface area contributed by atoms with Gasteiger partial charge in [-0.3, -0.25) is 4.57 Å². The van der Waals surface area contributed by atoms with Crippen molar-refractivity contribution >= 4 is 74.9 Å². The van der Waals surface area contributed by atoms with Gasteiger partial charge in [-0.05, 0) is 124 Å². The summed E-state index contributed by atoms with van der Waals surface area (Å²) in [5.74, 6) is 8.76. The van der Waals surface area contributed by atoms with E-state index in [0.29, 0.717) is 57.0 Å². The molecule has 11 rings (SSSR count). The number of fused-ring (bicyclic) bond motifs is 20. The fourth-order valence-electron chi connectivity index (χ4n) is 11.0. The van der Waals surface area contributed by atoms with Crippen LogP contribution >= 0.6 is 0 Å². The average molecular weight is 1290 g/mol. The van der Waals surface area contributed by atoms with Gasteiger partial charge in [-0.1, -0.05) is 173 Å². The molecule has 3 aliphatic rings. The van der Waals surface area contributed by atoms with Crippen molar-refractivity contribution in [3.8, 4) is 57.4 Å². The molecule has 1 saturated heterocycles. The monoisotopic (exact) mass is 1290 g/mol. The van der Waals surface area contributed by atoms with E-state index in [1.807, 2.05) is 18.2 Å². The van der Waals surface area contributed by atoms with Crippen LogP contribution in [0, 0.1) is 11.8 Å². The standard InChI is InChI=1S/C73H95N11O5Si3/c1-68(2,3)43-28-32-47-51(36-43)64-79-59(47)77-62-50-35-41(26-31-46(50)58(76-62)78-63-52-37-44(69(4,5)6)29-33-48(52)60(80-63)82-65-53-38-45(70(7,8)9)30-34-49(53)61(81-64)83-65)25-27-42-39-84(67(85)75-57(42)74)66-56(89-92(23,24)73(16,17)18)55(88-91(21,22)72(13,14)15)54(87-66)40-86-90(19,20)71(10,11)12/h26,28-39,54-56,66H,40H2,1-24H3,(H2,74,75,85)(H2,76,77,78,79,80,81,82,83)/t54-,55-,56-,66-/m1/s1. The van der Waals surface area contributed by atoms with Gasteiger partial charge in [0.25, 0.3) is 0 Å². The van der Waals surface area contributed by atoms with Gasteiger partial charge in [0.2, 0.25) is 0 Å². The third-order valence-corrected chi connectivity index (χ3v) is 33.6. The molecule has 0 radical (unpaired) electrons. The highest BCUT2D eigenvalue weighted by atomic mass is 28.4. The number of nitrogens with two attached hydrogens (primary N) is 1. The van der Waals surface area contributed by atoms with Crippen molar-refractivity contribution in [2.45, 2.75) is 220 Å². The Morgan fingerprint density at radius 3 is 1.37 bits per heavy atom. The fraction of sp³-hybridized carbons (Fsp3) is 0.479. The van der Waals surface area contributed by atoms with Crippen LogP contribution in [0.25, 0.3) is 89.7 Å². The molecule has 8 aromatic rings. The lowest BCUT2D eigenvalue weighted by molar-refractivity contribution is -0.0509. The molecule has 0 unspecified atom stereocenters. The molecule has 92 heavy (non-hydrogen) atoms. The normalized spacial score (nSPS) is 17.7. The van der Waals surface area contributed by atoms with E-state index in [2.05, 4.69) is 245 Å². The van der Waals surface area contributed by atoms with Gasteiger partial charge < -0.3 is 33.7 Å². The van der Waals surface area contributed by atoms with Crippen molar-refractivity contribution in [1.82, 2.24) is 49.4 Å². The lowest BCUT2D eigenvalue weighted by atomic mass is 9.85. The molecule has 484 valence electrons. The first-order valence-electron chi connectivity index (χ1n) is 32.4. The van der Waals surface area contributed by atoms with Gasteiger partial charge in [0.1, 0.15) is 46.7 Å². The SMILES string of the molecule is CC(C)(C)c1ccc2c(c1)-c1nc-2nc2[nH]c(nc3nc(nc4[nH]c(n1)c1ccc(C#Cc5cn([C@@H]6O[C@H](CO[Si](C)(C)C(C)(C)C)[C@@H](O[Si](C)(C)C(C)(C)C)[C@H]6O[Si](C)(C)C(C)(C)C)c(=O)nc5N)cc41)-c1ccc(C(C)(C)C)cc1-3)c1ccc(C(C)(C)C)cc21. The summed E-state index contributed by atoms with van der Waals surface area (Å²) in [4.78, 5) is 58.3.